The third kappa shape index (κ3) is 8.35. The Balaban J connectivity index is 1.48. The van der Waals surface area contributed by atoms with Crippen LogP contribution in [0.15, 0.2) is 71.8 Å². The lowest BCUT2D eigenvalue weighted by molar-refractivity contribution is -0.126. The number of carbonyl (C=O) groups excluding carboxylic acids is 3. The Morgan fingerprint density at radius 1 is 0.865 bits per heavy atom. The fraction of sp³-hybridized carbons (Fsp3) is 0.154. The molecule has 3 amide bonds. The molecule has 192 valence electrons. The highest BCUT2D eigenvalue weighted by atomic mass is 19.1. The first kappa shape index (κ1) is 26.7. The average Bonchev–Trinajstić information content (AvgIpc) is 2.89. The van der Waals surface area contributed by atoms with Crippen molar-refractivity contribution in [1.29, 1.82) is 0 Å². The number of halogens is 1. The van der Waals surface area contributed by atoms with Crippen molar-refractivity contribution in [3.8, 4) is 17.2 Å². The van der Waals surface area contributed by atoms with Gasteiger partial charge < -0.3 is 24.8 Å². The van der Waals surface area contributed by atoms with E-state index in [4.69, 9.17) is 14.2 Å². The summed E-state index contributed by atoms with van der Waals surface area (Å²) in [6.07, 6.45) is 0.925. The topological polar surface area (TPSA) is 127 Å². The predicted molar refractivity (Wildman–Crippen MR) is 135 cm³/mol. The van der Waals surface area contributed by atoms with Crippen molar-refractivity contribution in [3.63, 3.8) is 0 Å². The van der Waals surface area contributed by atoms with E-state index in [0.717, 1.165) is 0 Å². The Hall–Kier alpha value is -4.93. The lowest BCUT2D eigenvalue weighted by Crippen LogP contribution is -2.24. The van der Waals surface area contributed by atoms with E-state index >= 15 is 0 Å². The van der Waals surface area contributed by atoms with Crippen molar-refractivity contribution in [2.75, 3.05) is 31.5 Å². The van der Waals surface area contributed by atoms with Crippen molar-refractivity contribution in [3.05, 3.63) is 78.1 Å². The van der Waals surface area contributed by atoms with E-state index in [1.54, 1.807) is 48.5 Å². The van der Waals surface area contributed by atoms with Gasteiger partial charge in [0.05, 0.1) is 26.1 Å². The summed E-state index contributed by atoms with van der Waals surface area (Å²) in [6, 6.07) is 17.3. The molecule has 0 aliphatic heterocycles. The molecule has 0 radical (unpaired) electrons. The van der Waals surface area contributed by atoms with Gasteiger partial charge in [-0.2, -0.15) is 5.10 Å². The van der Waals surface area contributed by atoms with Crippen molar-refractivity contribution in [2.24, 2.45) is 5.10 Å². The molecule has 0 saturated heterocycles. The second-order valence-corrected chi connectivity index (χ2v) is 7.48. The van der Waals surface area contributed by atoms with Crippen LogP contribution in [-0.2, 0) is 14.4 Å². The second-order valence-electron chi connectivity index (χ2n) is 7.48. The van der Waals surface area contributed by atoms with Crippen LogP contribution in [0.5, 0.6) is 17.2 Å². The van der Waals surface area contributed by atoms with E-state index in [1.165, 1.54) is 38.6 Å². The molecule has 10 nitrogen and oxygen atoms in total. The zero-order valence-electron chi connectivity index (χ0n) is 20.1. The number of ether oxygens (including phenoxy) is 3. The molecule has 0 heterocycles. The van der Waals surface area contributed by atoms with Gasteiger partial charge in [0.25, 0.3) is 5.91 Å². The van der Waals surface area contributed by atoms with Crippen LogP contribution in [0.2, 0.25) is 0 Å². The highest BCUT2D eigenvalue weighted by Crippen LogP contribution is 2.27. The lowest BCUT2D eigenvalue weighted by atomic mass is 10.2. The number of anilines is 2. The van der Waals surface area contributed by atoms with Crippen LogP contribution in [0.25, 0.3) is 0 Å². The van der Waals surface area contributed by atoms with Crippen LogP contribution in [0, 0.1) is 5.82 Å². The summed E-state index contributed by atoms with van der Waals surface area (Å²) in [5.74, 6) is -1.05. The van der Waals surface area contributed by atoms with Gasteiger partial charge in [-0.15, -0.1) is 0 Å². The van der Waals surface area contributed by atoms with Crippen LogP contribution in [0.1, 0.15) is 12.0 Å². The average molecular weight is 509 g/mol. The maximum atomic E-state index is 13.7. The Bertz CT molecular complexity index is 1300. The number of nitrogens with zero attached hydrogens (tertiary/aromatic N) is 1. The minimum atomic E-state index is -0.607. The molecule has 0 aliphatic carbocycles. The van der Waals surface area contributed by atoms with E-state index in [9.17, 15) is 18.8 Å². The summed E-state index contributed by atoms with van der Waals surface area (Å²) in [6.45, 7) is -0.369. The van der Waals surface area contributed by atoms with Gasteiger partial charge in [-0.05, 0) is 48.0 Å². The number of methoxy groups -OCH3 is 2. The number of hydrazone groups is 1. The summed E-state index contributed by atoms with van der Waals surface area (Å²) in [7, 11) is 2.93. The maximum absolute atomic E-state index is 13.7. The number of hydrogen-bond donors (Lipinski definition) is 3. The third-order valence-electron chi connectivity index (χ3n) is 4.77. The number of rotatable bonds is 11. The third-order valence-corrected chi connectivity index (χ3v) is 4.77. The Kier molecular flexibility index (Phi) is 9.54. The van der Waals surface area contributed by atoms with Gasteiger partial charge in [-0.3, -0.25) is 14.4 Å². The molecule has 0 unspecified atom stereocenters. The summed E-state index contributed by atoms with van der Waals surface area (Å²) in [5, 5.41) is 8.87. The van der Waals surface area contributed by atoms with E-state index in [-0.39, 0.29) is 18.0 Å². The van der Waals surface area contributed by atoms with Gasteiger partial charge in [0, 0.05) is 11.8 Å². The molecule has 37 heavy (non-hydrogen) atoms. The highest BCUT2D eigenvalue weighted by molar-refractivity contribution is 6.03. The first-order valence-electron chi connectivity index (χ1n) is 11.0. The molecule has 0 atom stereocenters. The number of amides is 3. The molecule has 0 aromatic heterocycles. The van der Waals surface area contributed by atoms with Crippen molar-refractivity contribution >= 4 is 35.3 Å². The molecule has 0 aliphatic rings. The number of hydrogen-bond acceptors (Lipinski definition) is 7. The van der Waals surface area contributed by atoms with E-state index < -0.39 is 30.0 Å². The molecule has 0 spiro atoms. The van der Waals surface area contributed by atoms with Crippen LogP contribution in [-0.4, -0.2) is 44.8 Å². The Labute approximate surface area is 212 Å². The maximum Gasteiger partial charge on any atom is 0.262 e. The van der Waals surface area contributed by atoms with Gasteiger partial charge in [-0.1, -0.05) is 18.2 Å². The predicted octanol–water partition coefficient (Wildman–Crippen LogP) is 3.34. The zero-order valence-corrected chi connectivity index (χ0v) is 20.1. The number of nitrogens with one attached hydrogen (secondary N) is 3. The molecule has 3 aromatic rings. The van der Waals surface area contributed by atoms with E-state index in [1.807, 2.05) is 0 Å². The monoisotopic (exact) mass is 508 g/mol. The van der Waals surface area contributed by atoms with Crippen LogP contribution < -0.4 is 30.3 Å². The minimum Gasteiger partial charge on any atom is -0.497 e. The van der Waals surface area contributed by atoms with Crippen molar-refractivity contribution in [1.82, 2.24) is 5.43 Å². The molecular weight excluding hydrogens is 483 g/mol. The quantitative estimate of drug-likeness (QED) is 0.207. The second kappa shape index (κ2) is 13.2. The fourth-order valence-electron chi connectivity index (χ4n) is 3.05. The van der Waals surface area contributed by atoms with Crippen LogP contribution in [0.3, 0.4) is 0 Å². The first-order valence-corrected chi connectivity index (χ1v) is 11.0. The zero-order chi connectivity index (χ0) is 26.6. The van der Waals surface area contributed by atoms with Crippen molar-refractivity contribution < 1.29 is 33.0 Å². The Morgan fingerprint density at radius 3 is 2.43 bits per heavy atom. The molecule has 3 rings (SSSR count). The number of para-hydroxylation sites is 1. The smallest absolute Gasteiger partial charge is 0.262 e. The molecule has 0 bridgehead atoms. The summed E-state index contributed by atoms with van der Waals surface area (Å²) >= 11 is 0. The van der Waals surface area contributed by atoms with Gasteiger partial charge in [0.2, 0.25) is 11.8 Å². The largest absolute Gasteiger partial charge is 0.497 e. The SMILES string of the molecule is COc1cccc(NC(=O)CC(=O)NN=Cc2ccc(OCC(=O)Nc3ccccc3F)c(OC)c2)c1. The van der Waals surface area contributed by atoms with Gasteiger partial charge in [-0.25, -0.2) is 9.82 Å². The number of benzene rings is 3. The molecule has 0 saturated carbocycles. The fourth-order valence-corrected chi connectivity index (χ4v) is 3.05. The minimum absolute atomic E-state index is 0.0504. The summed E-state index contributed by atoms with van der Waals surface area (Å²) in [5.41, 5.74) is 3.39. The standard InChI is InChI=1S/C26H25FN4O6/c1-35-19-7-5-6-18(13-19)29-24(32)14-25(33)31-28-15-17-10-11-22(23(12-17)36-2)37-16-26(34)30-21-9-4-3-8-20(21)27/h3-13,15H,14,16H2,1-2H3,(H,29,32)(H,30,34)(H,31,33). The van der Waals surface area contributed by atoms with Gasteiger partial charge >= 0.3 is 0 Å². The van der Waals surface area contributed by atoms with Gasteiger partial charge in [0.15, 0.2) is 18.1 Å². The van der Waals surface area contributed by atoms with Crippen LogP contribution in [0.4, 0.5) is 15.8 Å². The molecule has 3 N–H and O–H groups in total. The van der Waals surface area contributed by atoms with Crippen LogP contribution >= 0.6 is 0 Å². The van der Waals surface area contributed by atoms with Gasteiger partial charge in [0.1, 0.15) is 18.0 Å². The first-order chi connectivity index (χ1) is 17.9. The van der Waals surface area contributed by atoms with E-state index in [2.05, 4.69) is 21.2 Å². The number of carbonyl (C=O) groups is 3. The highest BCUT2D eigenvalue weighted by Gasteiger charge is 2.11. The molecule has 3 aromatic carbocycles. The lowest BCUT2D eigenvalue weighted by Gasteiger charge is -2.11. The Morgan fingerprint density at radius 2 is 1.68 bits per heavy atom. The van der Waals surface area contributed by atoms with E-state index in [0.29, 0.717) is 22.7 Å². The normalized spacial score (nSPS) is 10.5. The molecule has 0 fully saturated rings. The molecular formula is C26H25FN4O6. The summed E-state index contributed by atoms with van der Waals surface area (Å²) < 4.78 is 29.5. The van der Waals surface area contributed by atoms with Crippen molar-refractivity contribution in [2.45, 2.75) is 6.42 Å². The molecule has 11 heteroatoms. The summed E-state index contributed by atoms with van der Waals surface area (Å²) in [4.78, 5) is 36.2.